The van der Waals surface area contributed by atoms with Crippen molar-refractivity contribution in [1.29, 1.82) is 0 Å². The molecule has 0 aliphatic carbocycles. The molecule has 144 valence electrons. The van der Waals surface area contributed by atoms with E-state index in [0.29, 0.717) is 25.3 Å². The summed E-state index contributed by atoms with van der Waals surface area (Å²) in [4.78, 5) is 12.5. The Balaban J connectivity index is 0.00000576. The number of sulfonamides is 1. The Morgan fingerprint density at radius 2 is 1.88 bits per heavy atom. The van der Waals surface area contributed by atoms with Crippen molar-refractivity contribution in [1.82, 2.24) is 10.0 Å². The first kappa shape index (κ1) is 24.2. The van der Waals surface area contributed by atoms with Gasteiger partial charge in [-0.25, -0.2) is 8.42 Å². The van der Waals surface area contributed by atoms with Gasteiger partial charge in [0, 0.05) is 6.54 Å². The van der Waals surface area contributed by atoms with Gasteiger partial charge in [-0.2, -0.15) is 16.5 Å². The standard InChI is InChI=1S/C16H27N3O3S2.ClH/c1-13-5-7-14(8-6-13)24(21,22)19-15(9-12-23-2)16(20)18-11-4-3-10-17;/h5-8,15,19H,3-4,9-12,17H2,1-2H3,(H,18,20);1H. The molecule has 0 bridgehead atoms. The zero-order chi connectivity index (χ0) is 18.0. The molecule has 0 saturated carbocycles. The first-order valence-corrected chi connectivity index (χ1v) is 10.8. The second-order valence-corrected chi connectivity index (χ2v) is 8.25. The summed E-state index contributed by atoms with van der Waals surface area (Å²) in [5.74, 6) is 0.397. The lowest BCUT2D eigenvalue weighted by molar-refractivity contribution is -0.122. The zero-order valence-corrected chi connectivity index (χ0v) is 17.1. The van der Waals surface area contributed by atoms with Gasteiger partial charge in [0.1, 0.15) is 6.04 Å². The fourth-order valence-corrected chi connectivity index (χ4v) is 3.76. The Labute approximate surface area is 161 Å². The monoisotopic (exact) mass is 409 g/mol. The molecule has 1 unspecified atom stereocenters. The molecule has 6 nitrogen and oxygen atoms in total. The number of aryl methyl sites for hydroxylation is 1. The number of nitrogens with two attached hydrogens (primary N) is 1. The maximum atomic E-state index is 12.5. The Bertz CT molecular complexity index is 610. The summed E-state index contributed by atoms with van der Waals surface area (Å²) in [6, 6.07) is 5.78. The van der Waals surface area contributed by atoms with Crippen molar-refractivity contribution < 1.29 is 13.2 Å². The number of amides is 1. The number of thioether (sulfide) groups is 1. The van der Waals surface area contributed by atoms with Crippen LogP contribution in [0.25, 0.3) is 0 Å². The number of nitrogens with one attached hydrogen (secondary N) is 2. The minimum absolute atomic E-state index is 0. The average molecular weight is 410 g/mol. The third-order valence-corrected chi connectivity index (χ3v) is 5.62. The summed E-state index contributed by atoms with van der Waals surface area (Å²) >= 11 is 1.57. The van der Waals surface area contributed by atoms with Crippen molar-refractivity contribution in [2.24, 2.45) is 5.73 Å². The third-order valence-electron chi connectivity index (χ3n) is 3.49. The van der Waals surface area contributed by atoms with Gasteiger partial charge in [0.25, 0.3) is 0 Å². The molecule has 1 rings (SSSR count). The fourth-order valence-electron chi connectivity index (χ4n) is 2.06. The molecule has 25 heavy (non-hydrogen) atoms. The highest BCUT2D eigenvalue weighted by Gasteiger charge is 2.25. The largest absolute Gasteiger partial charge is 0.355 e. The molecule has 0 aliphatic rings. The molecule has 0 heterocycles. The summed E-state index contributed by atoms with van der Waals surface area (Å²) in [6.07, 6.45) is 3.96. The van der Waals surface area contributed by atoms with Crippen LogP contribution in [0.15, 0.2) is 29.2 Å². The van der Waals surface area contributed by atoms with Crippen molar-refractivity contribution in [2.45, 2.75) is 37.1 Å². The van der Waals surface area contributed by atoms with Crippen LogP contribution < -0.4 is 15.8 Å². The first-order valence-electron chi connectivity index (χ1n) is 7.96. The van der Waals surface area contributed by atoms with Gasteiger partial charge in [0.15, 0.2) is 0 Å². The lowest BCUT2D eigenvalue weighted by atomic mass is 10.2. The number of rotatable bonds is 11. The Morgan fingerprint density at radius 1 is 1.24 bits per heavy atom. The molecule has 4 N–H and O–H groups in total. The number of hydrogen-bond acceptors (Lipinski definition) is 5. The van der Waals surface area contributed by atoms with Crippen LogP contribution in [0.5, 0.6) is 0 Å². The Morgan fingerprint density at radius 3 is 2.44 bits per heavy atom. The molecule has 0 spiro atoms. The van der Waals surface area contributed by atoms with E-state index in [9.17, 15) is 13.2 Å². The van der Waals surface area contributed by atoms with Gasteiger partial charge >= 0.3 is 0 Å². The topological polar surface area (TPSA) is 101 Å². The molecule has 1 aromatic rings. The van der Waals surface area contributed by atoms with E-state index in [2.05, 4.69) is 10.0 Å². The summed E-state index contributed by atoms with van der Waals surface area (Å²) in [6.45, 7) is 2.96. The predicted molar refractivity (Wildman–Crippen MR) is 107 cm³/mol. The van der Waals surface area contributed by atoms with E-state index >= 15 is 0 Å². The Hall–Kier alpha value is -0.800. The van der Waals surface area contributed by atoms with E-state index < -0.39 is 16.1 Å². The lowest BCUT2D eigenvalue weighted by Crippen LogP contribution is -2.47. The van der Waals surface area contributed by atoms with E-state index in [1.165, 1.54) is 0 Å². The highest BCUT2D eigenvalue weighted by atomic mass is 35.5. The highest BCUT2D eigenvalue weighted by Crippen LogP contribution is 2.12. The highest BCUT2D eigenvalue weighted by molar-refractivity contribution is 7.98. The lowest BCUT2D eigenvalue weighted by Gasteiger charge is -2.18. The normalized spacial score (nSPS) is 12.3. The van der Waals surface area contributed by atoms with Crippen molar-refractivity contribution in [3.05, 3.63) is 29.8 Å². The van der Waals surface area contributed by atoms with Crippen LogP contribution in [0.2, 0.25) is 0 Å². The van der Waals surface area contributed by atoms with Crippen molar-refractivity contribution in [3.8, 4) is 0 Å². The predicted octanol–water partition coefficient (Wildman–Crippen LogP) is 1.67. The number of halogens is 1. The van der Waals surface area contributed by atoms with Crippen molar-refractivity contribution in [2.75, 3.05) is 25.1 Å². The van der Waals surface area contributed by atoms with Gasteiger partial charge < -0.3 is 11.1 Å². The molecule has 0 fully saturated rings. The van der Waals surface area contributed by atoms with Crippen LogP contribution >= 0.6 is 24.2 Å². The Kier molecular flexibility index (Phi) is 12.1. The van der Waals surface area contributed by atoms with Crippen LogP contribution in [0.1, 0.15) is 24.8 Å². The maximum absolute atomic E-state index is 12.5. The maximum Gasteiger partial charge on any atom is 0.241 e. The third kappa shape index (κ3) is 8.91. The van der Waals surface area contributed by atoms with E-state index in [0.717, 1.165) is 18.4 Å². The van der Waals surface area contributed by atoms with Gasteiger partial charge in [-0.3, -0.25) is 4.79 Å². The minimum Gasteiger partial charge on any atom is -0.355 e. The summed E-state index contributed by atoms with van der Waals surface area (Å²) < 4.78 is 27.5. The average Bonchev–Trinajstić information content (AvgIpc) is 2.55. The molecule has 0 aliphatic heterocycles. The zero-order valence-electron chi connectivity index (χ0n) is 14.7. The summed E-state index contributed by atoms with van der Waals surface area (Å²) in [5.41, 5.74) is 6.40. The van der Waals surface area contributed by atoms with Crippen LogP contribution in [0.3, 0.4) is 0 Å². The smallest absolute Gasteiger partial charge is 0.241 e. The van der Waals surface area contributed by atoms with E-state index in [4.69, 9.17) is 5.73 Å². The molecule has 1 amide bonds. The number of hydrogen-bond donors (Lipinski definition) is 3. The van der Waals surface area contributed by atoms with Gasteiger partial charge in [-0.15, -0.1) is 12.4 Å². The number of unbranched alkanes of at least 4 members (excludes halogenated alkanes) is 1. The minimum atomic E-state index is -3.73. The molecule has 9 heteroatoms. The second kappa shape index (κ2) is 12.5. The van der Waals surface area contributed by atoms with Gasteiger partial charge in [-0.05, 0) is 56.9 Å². The molecule has 0 aromatic heterocycles. The number of benzene rings is 1. The van der Waals surface area contributed by atoms with Crippen molar-refractivity contribution >= 4 is 40.1 Å². The SMILES string of the molecule is CSCCC(NS(=O)(=O)c1ccc(C)cc1)C(=O)NCCCCN.Cl. The van der Waals surface area contributed by atoms with E-state index in [1.807, 2.05) is 13.2 Å². The quantitative estimate of drug-likeness (QED) is 0.482. The van der Waals surface area contributed by atoms with Crippen LogP contribution in [0.4, 0.5) is 0 Å². The van der Waals surface area contributed by atoms with Gasteiger partial charge in [0.2, 0.25) is 15.9 Å². The molecular weight excluding hydrogens is 382 g/mol. The molecular formula is C16H28ClN3O3S2. The summed E-state index contributed by atoms with van der Waals surface area (Å²) in [5, 5.41) is 2.78. The number of carbonyl (C=O) groups is 1. The van der Waals surface area contributed by atoms with Crippen LogP contribution in [-0.2, 0) is 14.8 Å². The first-order chi connectivity index (χ1) is 11.4. The summed E-state index contributed by atoms with van der Waals surface area (Å²) in [7, 11) is -3.73. The van der Waals surface area contributed by atoms with Crippen molar-refractivity contribution in [3.63, 3.8) is 0 Å². The second-order valence-electron chi connectivity index (χ2n) is 5.56. The van der Waals surface area contributed by atoms with Crippen LogP contribution in [0, 0.1) is 6.92 Å². The molecule has 0 saturated heterocycles. The van der Waals surface area contributed by atoms with Gasteiger partial charge in [0.05, 0.1) is 4.90 Å². The number of carbonyl (C=O) groups excluding carboxylic acids is 1. The van der Waals surface area contributed by atoms with Gasteiger partial charge in [-0.1, -0.05) is 17.7 Å². The van der Waals surface area contributed by atoms with E-state index in [1.54, 1.807) is 36.0 Å². The molecule has 1 aromatic carbocycles. The molecule has 1 atom stereocenters. The van der Waals surface area contributed by atoms with Crippen LogP contribution in [-0.4, -0.2) is 45.5 Å². The van der Waals surface area contributed by atoms with E-state index in [-0.39, 0.29) is 23.2 Å². The fraction of sp³-hybridized carbons (Fsp3) is 0.562. The molecule has 0 radical (unpaired) electrons.